The Morgan fingerprint density at radius 3 is 1.75 bits per heavy atom. The molecule has 0 aromatic rings. The number of alkyl halides is 2. The van der Waals surface area contributed by atoms with Gasteiger partial charge in [-0.15, -0.1) is 24.8 Å². The maximum Gasteiger partial charge on any atom is 0.164 e. The average Bonchev–Trinajstić information content (AvgIpc) is 1.87. The zero-order valence-electron chi connectivity index (χ0n) is 6.50. The second kappa shape index (κ2) is 4.67. The van der Waals surface area contributed by atoms with E-state index < -0.39 is 0 Å². The van der Waals surface area contributed by atoms with E-state index in [1.54, 1.807) is 0 Å². The predicted octanol–water partition coefficient (Wildman–Crippen LogP) is 1.75. The van der Waals surface area contributed by atoms with Crippen molar-refractivity contribution < 1.29 is 0 Å². The van der Waals surface area contributed by atoms with Crippen LogP contribution >= 0.6 is 52.3 Å². The molecule has 0 aromatic carbocycles. The number of piperazine rings is 3. The van der Waals surface area contributed by atoms with Crippen LogP contribution in [0.15, 0.2) is 0 Å². The van der Waals surface area contributed by atoms with Crippen LogP contribution in [-0.2, 0) is 0 Å². The van der Waals surface area contributed by atoms with E-state index in [0.717, 1.165) is 19.6 Å². The maximum atomic E-state index is 6.17. The van der Waals surface area contributed by atoms with Crippen molar-refractivity contribution in [3.8, 4) is 0 Å². The fourth-order valence-electron chi connectivity index (χ4n) is 1.60. The fourth-order valence-corrected chi connectivity index (χ4v) is 2.65. The van der Waals surface area contributed by atoms with Crippen LogP contribution in [0.25, 0.3) is 0 Å². The number of fused-ring (bicyclic) bond motifs is 3. The molecular weight excluding hydrogens is 286 g/mol. The SMILES string of the molecule is Cl.Cl.ClC1(Br)CN2CCN1CC2. The monoisotopic (exact) mass is 296 g/mol. The van der Waals surface area contributed by atoms with E-state index in [-0.39, 0.29) is 28.7 Å². The molecule has 0 saturated carbocycles. The van der Waals surface area contributed by atoms with Crippen molar-refractivity contribution in [3.63, 3.8) is 0 Å². The van der Waals surface area contributed by atoms with Gasteiger partial charge in [0.05, 0.1) is 0 Å². The summed E-state index contributed by atoms with van der Waals surface area (Å²) in [6.07, 6.45) is 0. The van der Waals surface area contributed by atoms with Gasteiger partial charge in [0.2, 0.25) is 0 Å². The van der Waals surface area contributed by atoms with E-state index in [1.807, 2.05) is 0 Å². The quantitative estimate of drug-likeness (QED) is 0.496. The number of rotatable bonds is 0. The summed E-state index contributed by atoms with van der Waals surface area (Å²) in [5, 5.41) is 0. The van der Waals surface area contributed by atoms with Crippen LogP contribution in [0.4, 0.5) is 0 Å². The Balaban J connectivity index is 0.000000605. The van der Waals surface area contributed by atoms with Crippen LogP contribution in [0.5, 0.6) is 0 Å². The minimum atomic E-state index is -0.260. The summed E-state index contributed by atoms with van der Waals surface area (Å²) < 4.78 is -0.260. The lowest BCUT2D eigenvalue weighted by atomic mass is 10.2. The van der Waals surface area contributed by atoms with E-state index in [9.17, 15) is 0 Å². The molecule has 74 valence electrons. The summed E-state index contributed by atoms with van der Waals surface area (Å²) in [6, 6.07) is 0. The molecule has 3 heterocycles. The van der Waals surface area contributed by atoms with Gasteiger partial charge in [-0.3, -0.25) is 9.80 Å². The smallest absolute Gasteiger partial charge is 0.164 e. The van der Waals surface area contributed by atoms with E-state index in [1.165, 1.54) is 13.1 Å². The molecule has 3 aliphatic heterocycles. The highest BCUT2D eigenvalue weighted by Crippen LogP contribution is 2.34. The maximum absolute atomic E-state index is 6.17. The predicted molar refractivity (Wildman–Crippen MR) is 60.0 cm³/mol. The van der Waals surface area contributed by atoms with E-state index in [0.29, 0.717) is 0 Å². The lowest BCUT2D eigenvalue weighted by molar-refractivity contribution is 0.0350. The fraction of sp³-hybridized carbons (Fsp3) is 1.00. The average molecular weight is 298 g/mol. The molecule has 0 radical (unpaired) electrons. The van der Waals surface area contributed by atoms with Crippen molar-refractivity contribution in [2.75, 3.05) is 32.7 Å². The molecule has 0 N–H and O–H groups in total. The minimum absolute atomic E-state index is 0. The van der Waals surface area contributed by atoms with Crippen molar-refractivity contribution in [1.29, 1.82) is 0 Å². The Morgan fingerprint density at radius 1 is 1.08 bits per heavy atom. The Bertz CT molecular complexity index is 148. The molecule has 2 nitrogen and oxygen atoms in total. The summed E-state index contributed by atoms with van der Waals surface area (Å²) in [6.45, 7) is 5.53. The van der Waals surface area contributed by atoms with Gasteiger partial charge in [-0.1, -0.05) is 11.6 Å². The summed E-state index contributed by atoms with van der Waals surface area (Å²) >= 11 is 9.67. The van der Waals surface area contributed by atoms with Crippen molar-refractivity contribution in [3.05, 3.63) is 0 Å². The van der Waals surface area contributed by atoms with Gasteiger partial charge in [-0.25, -0.2) is 0 Å². The number of nitrogens with zero attached hydrogens (tertiary/aromatic N) is 2. The van der Waals surface area contributed by atoms with Gasteiger partial charge in [0, 0.05) is 32.7 Å². The van der Waals surface area contributed by atoms with Crippen molar-refractivity contribution in [2.24, 2.45) is 0 Å². The van der Waals surface area contributed by atoms with Crippen LogP contribution in [0.1, 0.15) is 0 Å². The zero-order chi connectivity index (χ0) is 7.19. The molecule has 3 fully saturated rings. The summed E-state index contributed by atoms with van der Waals surface area (Å²) in [5.74, 6) is 0. The number of hydrogen-bond acceptors (Lipinski definition) is 2. The molecule has 0 spiro atoms. The second-order valence-electron chi connectivity index (χ2n) is 2.93. The first-order chi connectivity index (χ1) is 4.68. The van der Waals surface area contributed by atoms with Gasteiger partial charge in [0.25, 0.3) is 0 Å². The molecule has 6 heteroatoms. The lowest BCUT2D eigenvalue weighted by Crippen LogP contribution is -2.63. The Kier molecular flexibility index (Phi) is 5.16. The van der Waals surface area contributed by atoms with E-state index >= 15 is 0 Å². The minimum Gasteiger partial charge on any atom is -0.297 e. The first kappa shape index (κ1) is 13.3. The van der Waals surface area contributed by atoms with Crippen molar-refractivity contribution >= 4 is 52.3 Å². The van der Waals surface area contributed by atoms with Gasteiger partial charge in [0.15, 0.2) is 3.91 Å². The van der Waals surface area contributed by atoms with Crippen LogP contribution in [0, 0.1) is 0 Å². The molecule has 3 saturated heterocycles. The summed E-state index contributed by atoms with van der Waals surface area (Å²) in [7, 11) is 0. The van der Waals surface area contributed by atoms with E-state index in [4.69, 9.17) is 11.6 Å². The first-order valence-electron chi connectivity index (χ1n) is 3.54. The molecule has 12 heavy (non-hydrogen) atoms. The molecule has 3 rings (SSSR count). The van der Waals surface area contributed by atoms with Crippen molar-refractivity contribution in [2.45, 2.75) is 3.91 Å². The van der Waals surface area contributed by atoms with E-state index in [2.05, 4.69) is 25.7 Å². The normalized spacial score (nSPS) is 44.5. The third-order valence-electron chi connectivity index (χ3n) is 2.25. The van der Waals surface area contributed by atoms with Crippen LogP contribution in [0.3, 0.4) is 0 Å². The molecule has 1 atom stereocenters. The highest BCUT2D eigenvalue weighted by atomic mass is 79.9. The molecule has 0 amide bonds. The summed E-state index contributed by atoms with van der Waals surface area (Å²) in [4.78, 5) is 4.68. The molecule has 3 aliphatic rings. The van der Waals surface area contributed by atoms with Crippen LogP contribution in [-0.4, -0.2) is 46.4 Å². The summed E-state index contributed by atoms with van der Waals surface area (Å²) in [5.41, 5.74) is 0. The zero-order valence-corrected chi connectivity index (χ0v) is 10.5. The Labute approximate surface area is 98.5 Å². The number of hydrogen-bond donors (Lipinski definition) is 0. The highest BCUT2D eigenvalue weighted by molar-refractivity contribution is 9.10. The molecule has 0 aliphatic carbocycles. The van der Waals surface area contributed by atoms with Crippen LogP contribution < -0.4 is 0 Å². The van der Waals surface area contributed by atoms with Gasteiger partial charge in [-0.2, -0.15) is 0 Å². The molecule has 0 aromatic heterocycles. The highest BCUT2D eigenvalue weighted by Gasteiger charge is 2.41. The lowest BCUT2D eigenvalue weighted by Gasteiger charge is -2.49. The topological polar surface area (TPSA) is 6.48 Å². The third kappa shape index (κ3) is 2.40. The largest absolute Gasteiger partial charge is 0.297 e. The number of halogens is 4. The van der Waals surface area contributed by atoms with Gasteiger partial charge < -0.3 is 0 Å². The van der Waals surface area contributed by atoms with Gasteiger partial charge in [-0.05, 0) is 15.9 Å². The second-order valence-corrected chi connectivity index (χ2v) is 5.32. The third-order valence-corrected chi connectivity index (χ3v) is 3.36. The molecule has 1 unspecified atom stereocenters. The Hall–Kier alpha value is 1.27. The Morgan fingerprint density at radius 2 is 1.58 bits per heavy atom. The van der Waals surface area contributed by atoms with Crippen molar-refractivity contribution in [1.82, 2.24) is 9.80 Å². The van der Waals surface area contributed by atoms with Gasteiger partial charge >= 0.3 is 0 Å². The van der Waals surface area contributed by atoms with Crippen LogP contribution in [0.2, 0.25) is 0 Å². The standard InChI is InChI=1S/C6H10BrClN2.2ClH/c7-6(8)5-9-1-3-10(6)4-2-9;;/h1-5H2;2*1H. The molecule has 2 bridgehead atoms. The molecular formula is C6H12BrCl3N2. The van der Waals surface area contributed by atoms with Gasteiger partial charge in [0.1, 0.15) is 0 Å². The first-order valence-corrected chi connectivity index (χ1v) is 4.71.